The molecule has 2 aromatic carbocycles. The molecular formula is C24H24N2O3S. The Balaban J connectivity index is 1.51. The van der Waals surface area contributed by atoms with Crippen molar-refractivity contribution in [1.29, 1.82) is 0 Å². The van der Waals surface area contributed by atoms with Gasteiger partial charge in [-0.25, -0.2) is 4.99 Å². The molecule has 30 heavy (non-hydrogen) atoms. The lowest BCUT2D eigenvalue weighted by Crippen LogP contribution is -2.44. The molecule has 2 aliphatic heterocycles. The number of fused-ring (bicyclic) bond motifs is 1. The van der Waals surface area contributed by atoms with E-state index in [2.05, 4.69) is 6.92 Å². The van der Waals surface area contributed by atoms with Gasteiger partial charge >= 0.3 is 0 Å². The fraction of sp³-hybridized carbons (Fsp3) is 0.333. The zero-order valence-electron chi connectivity index (χ0n) is 16.9. The zero-order valence-corrected chi connectivity index (χ0v) is 17.7. The molecule has 0 N–H and O–H groups in total. The molecule has 2 heterocycles. The molecule has 0 unspecified atom stereocenters. The predicted octanol–water partition coefficient (Wildman–Crippen LogP) is 5.60. The molecule has 1 saturated carbocycles. The normalized spacial score (nSPS) is 26.0. The van der Waals surface area contributed by atoms with Gasteiger partial charge in [0.2, 0.25) is 6.79 Å². The van der Waals surface area contributed by atoms with Crippen LogP contribution in [0.2, 0.25) is 0 Å². The minimum atomic E-state index is 0.0473. The van der Waals surface area contributed by atoms with Crippen molar-refractivity contribution in [3.8, 4) is 11.5 Å². The number of hydrogen-bond acceptors (Lipinski definition) is 5. The Hall–Kier alpha value is -2.73. The van der Waals surface area contributed by atoms with Gasteiger partial charge in [0, 0.05) is 6.04 Å². The van der Waals surface area contributed by atoms with Crippen LogP contribution in [0.1, 0.15) is 38.2 Å². The molecule has 6 heteroatoms. The third-order valence-corrected chi connectivity index (χ3v) is 6.89. The predicted molar refractivity (Wildman–Crippen MR) is 120 cm³/mol. The van der Waals surface area contributed by atoms with Crippen LogP contribution in [0.5, 0.6) is 11.5 Å². The van der Waals surface area contributed by atoms with Gasteiger partial charge in [-0.15, -0.1) is 0 Å². The molecule has 2 atom stereocenters. The maximum absolute atomic E-state index is 13.5. The Kier molecular flexibility index (Phi) is 5.25. The Bertz CT molecular complexity index is 1020. The molecule has 5 rings (SSSR count). The second-order valence-corrected chi connectivity index (χ2v) is 8.97. The van der Waals surface area contributed by atoms with Crippen molar-refractivity contribution in [2.45, 2.75) is 38.6 Å². The summed E-state index contributed by atoms with van der Waals surface area (Å²) in [5.74, 6) is 1.97. The van der Waals surface area contributed by atoms with Crippen molar-refractivity contribution in [3.63, 3.8) is 0 Å². The highest BCUT2D eigenvalue weighted by Gasteiger charge is 2.41. The molecular weight excluding hydrogens is 396 g/mol. The highest BCUT2D eigenvalue weighted by molar-refractivity contribution is 8.18. The van der Waals surface area contributed by atoms with Crippen molar-refractivity contribution in [3.05, 3.63) is 59.0 Å². The van der Waals surface area contributed by atoms with Gasteiger partial charge in [-0.05, 0) is 66.4 Å². The van der Waals surface area contributed by atoms with Crippen LogP contribution in [0.3, 0.4) is 0 Å². The minimum absolute atomic E-state index is 0.0473. The van der Waals surface area contributed by atoms with Crippen LogP contribution in [0.25, 0.3) is 6.08 Å². The number of hydrogen-bond donors (Lipinski definition) is 0. The number of para-hydroxylation sites is 1. The van der Waals surface area contributed by atoms with Crippen molar-refractivity contribution >= 4 is 34.6 Å². The topological polar surface area (TPSA) is 51.1 Å². The fourth-order valence-electron chi connectivity index (χ4n) is 4.30. The SMILES string of the molecule is C[C@H]1CCCC[C@H]1N1C(=O)/C(=C/c2ccc3c(c2)OCO3)SC1=Nc1ccccc1. The fourth-order valence-corrected chi connectivity index (χ4v) is 5.35. The number of benzene rings is 2. The van der Waals surface area contributed by atoms with Gasteiger partial charge in [-0.2, -0.15) is 0 Å². The molecule has 2 fully saturated rings. The molecule has 154 valence electrons. The number of thioether (sulfide) groups is 1. The number of carbonyl (C=O) groups excluding carboxylic acids is 1. The average Bonchev–Trinajstić information content (AvgIpc) is 3.34. The number of rotatable bonds is 3. The van der Waals surface area contributed by atoms with Gasteiger partial charge in [-0.3, -0.25) is 9.69 Å². The van der Waals surface area contributed by atoms with E-state index in [0.717, 1.165) is 47.2 Å². The standard InChI is InChI=1S/C24H24N2O3S/c1-16-7-5-6-10-19(16)26-23(27)22(30-24(26)25-18-8-3-2-4-9-18)14-17-11-12-20-21(13-17)29-15-28-20/h2-4,8-9,11-14,16,19H,5-7,10,15H2,1H3/b22-14-,25-24?/t16-,19+/m0/s1. The van der Waals surface area contributed by atoms with Gasteiger partial charge in [0.15, 0.2) is 16.7 Å². The number of aliphatic imine (C=N–C) groups is 1. The van der Waals surface area contributed by atoms with E-state index in [1.54, 1.807) is 0 Å². The Morgan fingerprint density at radius 2 is 1.87 bits per heavy atom. The second kappa shape index (κ2) is 8.19. The van der Waals surface area contributed by atoms with Crippen LogP contribution in [-0.2, 0) is 4.79 Å². The van der Waals surface area contributed by atoms with Crippen molar-refractivity contribution < 1.29 is 14.3 Å². The molecule has 2 aromatic rings. The van der Waals surface area contributed by atoms with E-state index in [9.17, 15) is 4.79 Å². The minimum Gasteiger partial charge on any atom is -0.454 e. The van der Waals surface area contributed by atoms with E-state index in [0.29, 0.717) is 10.8 Å². The van der Waals surface area contributed by atoms with Gasteiger partial charge in [-0.1, -0.05) is 44.0 Å². The quantitative estimate of drug-likeness (QED) is 0.607. The second-order valence-electron chi connectivity index (χ2n) is 7.96. The molecule has 0 radical (unpaired) electrons. The van der Waals surface area contributed by atoms with E-state index in [4.69, 9.17) is 14.5 Å². The lowest BCUT2D eigenvalue weighted by atomic mass is 9.85. The van der Waals surface area contributed by atoms with E-state index in [-0.39, 0.29) is 18.7 Å². The first-order valence-corrected chi connectivity index (χ1v) is 11.3. The first-order valence-electron chi connectivity index (χ1n) is 10.5. The van der Waals surface area contributed by atoms with Crippen LogP contribution < -0.4 is 9.47 Å². The Labute approximate surface area is 180 Å². The summed E-state index contributed by atoms with van der Waals surface area (Å²) in [5.41, 5.74) is 1.79. The molecule has 0 bridgehead atoms. The van der Waals surface area contributed by atoms with Gasteiger partial charge in [0.05, 0.1) is 10.6 Å². The van der Waals surface area contributed by atoms with Crippen LogP contribution in [0.15, 0.2) is 58.4 Å². The molecule has 1 saturated heterocycles. The third-order valence-electron chi connectivity index (χ3n) is 5.91. The number of amidine groups is 1. The molecule has 1 aliphatic carbocycles. The summed E-state index contributed by atoms with van der Waals surface area (Å²) in [4.78, 5) is 21.0. The smallest absolute Gasteiger partial charge is 0.267 e. The van der Waals surface area contributed by atoms with E-state index >= 15 is 0 Å². The maximum Gasteiger partial charge on any atom is 0.267 e. The third kappa shape index (κ3) is 3.72. The summed E-state index contributed by atoms with van der Waals surface area (Å²) in [5, 5.41) is 0.775. The van der Waals surface area contributed by atoms with E-state index < -0.39 is 0 Å². The summed E-state index contributed by atoms with van der Waals surface area (Å²) in [6.07, 6.45) is 6.50. The lowest BCUT2D eigenvalue weighted by Gasteiger charge is -2.35. The molecule has 0 spiro atoms. The highest BCUT2D eigenvalue weighted by Crippen LogP contribution is 2.41. The largest absolute Gasteiger partial charge is 0.454 e. The zero-order chi connectivity index (χ0) is 20.5. The van der Waals surface area contributed by atoms with Crippen LogP contribution in [0, 0.1) is 5.92 Å². The summed E-state index contributed by atoms with van der Waals surface area (Å²) < 4.78 is 10.9. The summed E-state index contributed by atoms with van der Waals surface area (Å²) in [6, 6.07) is 15.8. The van der Waals surface area contributed by atoms with Crippen molar-refractivity contribution in [1.82, 2.24) is 4.90 Å². The van der Waals surface area contributed by atoms with Gasteiger partial charge < -0.3 is 9.47 Å². The van der Waals surface area contributed by atoms with E-state index in [1.807, 2.05) is 59.5 Å². The van der Waals surface area contributed by atoms with Crippen LogP contribution in [0.4, 0.5) is 5.69 Å². The van der Waals surface area contributed by atoms with E-state index in [1.165, 1.54) is 18.2 Å². The first-order chi connectivity index (χ1) is 14.7. The van der Waals surface area contributed by atoms with Crippen LogP contribution in [-0.4, -0.2) is 28.8 Å². The highest BCUT2D eigenvalue weighted by atomic mass is 32.2. The average molecular weight is 421 g/mol. The number of nitrogens with zero attached hydrogens (tertiary/aromatic N) is 2. The number of ether oxygens (including phenoxy) is 2. The molecule has 0 aromatic heterocycles. The molecule has 3 aliphatic rings. The van der Waals surface area contributed by atoms with Crippen molar-refractivity contribution in [2.24, 2.45) is 10.9 Å². The monoisotopic (exact) mass is 420 g/mol. The summed E-state index contributed by atoms with van der Waals surface area (Å²) in [6.45, 7) is 2.49. The van der Waals surface area contributed by atoms with Gasteiger partial charge in [0.1, 0.15) is 0 Å². The molecule has 5 nitrogen and oxygen atoms in total. The number of carbonyl (C=O) groups is 1. The Morgan fingerprint density at radius 3 is 2.70 bits per heavy atom. The first kappa shape index (κ1) is 19.2. The van der Waals surface area contributed by atoms with Crippen molar-refractivity contribution in [2.75, 3.05) is 6.79 Å². The molecule has 1 amide bonds. The summed E-state index contributed by atoms with van der Waals surface area (Å²) in [7, 11) is 0. The van der Waals surface area contributed by atoms with Gasteiger partial charge in [0.25, 0.3) is 5.91 Å². The lowest BCUT2D eigenvalue weighted by molar-refractivity contribution is -0.124. The van der Waals surface area contributed by atoms with Crippen LogP contribution >= 0.6 is 11.8 Å². The number of amides is 1. The Morgan fingerprint density at radius 1 is 1.07 bits per heavy atom. The maximum atomic E-state index is 13.5. The summed E-state index contributed by atoms with van der Waals surface area (Å²) >= 11 is 1.46.